The third-order valence-corrected chi connectivity index (χ3v) is 3.49. The largest absolute Gasteiger partial charge is 0.497 e. The Labute approximate surface area is 122 Å². The Bertz CT molecular complexity index is 685. The van der Waals surface area contributed by atoms with Crippen molar-refractivity contribution in [3.8, 4) is 11.5 Å². The van der Waals surface area contributed by atoms with Crippen molar-refractivity contribution in [1.29, 1.82) is 0 Å². The number of amides is 1. The molecule has 1 atom stereocenters. The summed E-state index contributed by atoms with van der Waals surface area (Å²) < 4.78 is 10.6. The number of fused-ring (bicyclic) bond motifs is 1. The smallest absolute Gasteiger partial charge is 0.255 e. The Kier molecular flexibility index (Phi) is 3.39. The molecule has 0 fully saturated rings. The fraction of sp³-hybridized carbons (Fsp3) is 0.188. The molecule has 0 aliphatic carbocycles. The maximum absolute atomic E-state index is 12.2. The van der Waals surface area contributed by atoms with Crippen LogP contribution in [0.25, 0.3) is 0 Å². The minimum Gasteiger partial charge on any atom is -0.497 e. The van der Waals surface area contributed by atoms with Gasteiger partial charge in [-0.3, -0.25) is 4.79 Å². The Morgan fingerprint density at radius 1 is 1.00 bits per heavy atom. The summed E-state index contributed by atoms with van der Waals surface area (Å²) in [6.45, 7) is 0. The highest BCUT2D eigenvalue weighted by Crippen LogP contribution is 2.33. The normalized spacial score (nSPS) is 16.5. The van der Waals surface area contributed by atoms with Crippen molar-refractivity contribution in [3.63, 3.8) is 0 Å². The van der Waals surface area contributed by atoms with Crippen molar-refractivity contribution in [3.05, 3.63) is 53.6 Å². The monoisotopic (exact) mass is 284 g/mol. The number of hydrogen-bond donors (Lipinski definition) is 2. The molecule has 0 unspecified atom stereocenters. The van der Waals surface area contributed by atoms with Crippen LogP contribution in [-0.4, -0.2) is 20.1 Å². The second-order valence-electron chi connectivity index (χ2n) is 4.70. The van der Waals surface area contributed by atoms with Gasteiger partial charge in [0, 0.05) is 11.3 Å². The predicted octanol–water partition coefficient (Wildman–Crippen LogP) is 2.56. The van der Waals surface area contributed by atoms with E-state index in [9.17, 15) is 4.79 Å². The topological polar surface area (TPSA) is 59.6 Å². The van der Waals surface area contributed by atoms with Crippen LogP contribution in [0.2, 0.25) is 0 Å². The lowest BCUT2D eigenvalue weighted by Crippen LogP contribution is -2.38. The van der Waals surface area contributed by atoms with Crippen molar-refractivity contribution in [2.45, 2.75) is 6.17 Å². The lowest BCUT2D eigenvalue weighted by molar-refractivity contribution is 0.0935. The van der Waals surface area contributed by atoms with Crippen LogP contribution in [0.5, 0.6) is 11.5 Å². The van der Waals surface area contributed by atoms with Crippen LogP contribution in [0.3, 0.4) is 0 Å². The molecule has 0 saturated heterocycles. The SMILES string of the molecule is COc1ccc(OC)c([C@@H]2NC(=O)c3ccccc3N2)c1. The fourth-order valence-electron chi connectivity index (χ4n) is 2.43. The Balaban J connectivity index is 2.01. The van der Waals surface area contributed by atoms with Crippen LogP contribution in [0.15, 0.2) is 42.5 Å². The van der Waals surface area contributed by atoms with Gasteiger partial charge in [0.15, 0.2) is 0 Å². The van der Waals surface area contributed by atoms with Gasteiger partial charge in [-0.1, -0.05) is 12.1 Å². The van der Waals surface area contributed by atoms with Gasteiger partial charge in [-0.15, -0.1) is 0 Å². The number of hydrogen-bond acceptors (Lipinski definition) is 4. The molecule has 0 radical (unpaired) electrons. The minimum atomic E-state index is -0.363. The number of carbonyl (C=O) groups excluding carboxylic acids is 1. The summed E-state index contributed by atoms with van der Waals surface area (Å²) in [5.41, 5.74) is 2.26. The van der Waals surface area contributed by atoms with Gasteiger partial charge in [-0.2, -0.15) is 0 Å². The Hall–Kier alpha value is -2.69. The van der Waals surface area contributed by atoms with Gasteiger partial charge < -0.3 is 20.1 Å². The highest BCUT2D eigenvalue weighted by Gasteiger charge is 2.26. The van der Waals surface area contributed by atoms with E-state index < -0.39 is 0 Å². The first-order chi connectivity index (χ1) is 10.2. The molecule has 5 heteroatoms. The van der Waals surface area contributed by atoms with E-state index >= 15 is 0 Å². The van der Waals surface area contributed by atoms with Gasteiger partial charge in [0.25, 0.3) is 5.91 Å². The number of nitrogens with one attached hydrogen (secondary N) is 2. The Morgan fingerprint density at radius 3 is 2.57 bits per heavy atom. The van der Waals surface area contributed by atoms with Gasteiger partial charge in [0.1, 0.15) is 17.7 Å². The predicted molar refractivity (Wildman–Crippen MR) is 79.8 cm³/mol. The van der Waals surface area contributed by atoms with E-state index in [1.54, 1.807) is 20.3 Å². The first-order valence-corrected chi connectivity index (χ1v) is 6.61. The molecule has 21 heavy (non-hydrogen) atoms. The van der Waals surface area contributed by atoms with Crippen molar-refractivity contribution in [1.82, 2.24) is 5.32 Å². The molecular weight excluding hydrogens is 268 g/mol. The van der Waals surface area contributed by atoms with Gasteiger partial charge in [-0.05, 0) is 30.3 Å². The summed E-state index contributed by atoms with van der Waals surface area (Å²) in [7, 11) is 3.21. The zero-order valence-electron chi connectivity index (χ0n) is 11.8. The summed E-state index contributed by atoms with van der Waals surface area (Å²) >= 11 is 0. The number of methoxy groups -OCH3 is 2. The van der Waals surface area contributed by atoms with E-state index in [0.717, 1.165) is 11.3 Å². The number of carbonyl (C=O) groups is 1. The highest BCUT2D eigenvalue weighted by atomic mass is 16.5. The van der Waals surface area contributed by atoms with Crippen LogP contribution in [0.1, 0.15) is 22.1 Å². The number of anilines is 1. The molecule has 2 aromatic carbocycles. The van der Waals surface area contributed by atoms with Crippen LogP contribution in [0, 0.1) is 0 Å². The number of ether oxygens (including phenoxy) is 2. The first-order valence-electron chi connectivity index (χ1n) is 6.61. The minimum absolute atomic E-state index is 0.112. The van der Waals surface area contributed by atoms with Gasteiger partial charge in [0.05, 0.1) is 19.8 Å². The van der Waals surface area contributed by atoms with Gasteiger partial charge >= 0.3 is 0 Å². The van der Waals surface area contributed by atoms with Crippen LogP contribution in [0.4, 0.5) is 5.69 Å². The van der Waals surface area contributed by atoms with E-state index in [4.69, 9.17) is 9.47 Å². The molecule has 0 spiro atoms. The lowest BCUT2D eigenvalue weighted by atomic mass is 10.0. The van der Waals surface area contributed by atoms with Crippen molar-refractivity contribution < 1.29 is 14.3 Å². The molecule has 3 rings (SSSR count). The third-order valence-electron chi connectivity index (χ3n) is 3.49. The molecule has 108 valence electrons. The number of rotatable bonds is 3. The maximum Gasteiger partial charge on any atom is 0.255 e. The third kappa shape index (κ3) is 2.38. The number of para-hydroxylation sites is 1. The van der Waals surface area contributed by atoms with E-state index in [1.807, 2.05) is 36.4 Å². The summed E-state index contributed by atoms with van der Waals surface area (Å²) in [6, 6.07) is 12.9. The van der Waals surface area contributed by atoms with Crippen molar-refractivity contribution in [2.75, 3.05) is 19.5 Å². The van der Waals surface area contributed by atoms with Crippen molar-refractivity contribution in [2.24, 2.45) is 0 Å². The Morgan fingerprint density at radius 2 is 1.81 bits per heavy atom. The molecule has 1 heterocycles. The zero-order valence-corrected chi connectivity index (χ0v) is 11.8. The zero-order chi connectivity index (χ0) is 14.8. The first kappa shape index (κ1) is 13.3. The summed E-state index contributed by atoms with van der Waals surface area (Å²) in [5, 5.41) is 6.23. The molecule has 2 N–H and O–H groups in total. The van der Waals surface area contributed by atoms with E-state index in [-0.39, 0.29) is 12.1 Å². The molecule has 0 saturated carbocycles. The molecular formula is C16H16N2O3. The summed E-state index contributed by atoms with van der Waals surface area (Å²) in [4.78, 5) is 12.2. The standard InChI is InChI=1S/C16H16N2O3/c1-20-10-7-8-14(21-2)12(9-10)15-17-13-6-4-3-5-11(13)16(19)18-15/h3-9,15,17H,1-2H3,(H,18,19)/t15-/m0/s1. The van der Waals surface area contributed by atoms with Gasteiger partial charge in [0.2, 0.25) is 0 Å². The van der Waals surface area contributed by atoms with Crippen LogP contribution in [-0.2, 0) is 0 Å². The van der Waals surface area contributed by atoms with Crippen LogP contribution >= 0.6 is 0 Å². The second kappa shape index (κ2) is 5.36. The lowest BCUT2D eigenvalue weighted by Gasteiger charge is -2.29. The summed E-state index contributed by atoms with van der Waals surface area (Å²) in [5.74, 6) is 1.29. The highest BCUT2D eigenvalue weighted by molar-refractivity contribution is 6.01. The van der Waals surface area contributed by atoms with E-state index in [0.29, 0.717) is 17.1 Å². The van der Waals surface area contributed by atoms with Crippen LogP contribution < -0.4 is 20.1 Å². The second-order valence-corrected chi connectivity index (χ2v) is 4.70. The molecule has 5 nitrogen and oxygen atoms in total. The molecule has 1 aliphatic heterocycles. The molecule has 1 aliphatic rings. The number of benzene rings is 2. The molecule has 0 aromatic heterocycles. The van der Waals surface area contributed by atoms with E-state index in [2.05, 4.69) is 10.6 Å². The molecule has 0 bridgehead atoms. The van der Waals surface area contributed by atoms with E-state index in [1.165, 1.54) is 0 Å². The quantitative estimate of drug-likeness (QED) is 0.909. The average molecular weight is 284 g/mol. The maximum atomic E-state index is 12.2. The van der Waals surface area contributed by atoms with Gasteiger partial charge in [-0.25, -0.2) is 0 Å². The summed E-state index contributed by atoms with van der Waals surface area (Å²) in [6.07, 6.45) is -0.363. The molecule has 2 aromatic rings. The van der Waals surface area contributed by atoms with Crippen molar-refractivity contribution >= 4 is 11.6 Å². The average Bonchev–Trinajstić information content (AvgIpc) is 2.54. The fourth-order valence-corrected chi connectivity index (χ4v) is 2.43. The molecule has 1 amide bonds.